The summed E-state index contributed by atoms with van der Waals surface area (Å²) in [7, 11) is 0. The third-order valence-corrected chi connectivity index (χ3v) is 7.37. The number of carbonyl (C=O) groups is 1. The van der Waals surface area contributed by atoms with Gasteiger partial charge in [-0.25, -0.2) is 8.78 Å². The first-order chi connectivity index (χ1) is 19.8. The highest BCUT2D eigenvalue weighted by Gasteiger charge is 2.37. The van der Waals surface area contributed by atoms with Gasteiger partial charge in [0, 0.05) is 55.9 Å². The molecule has 1 aromatic carbocycles. The van der Waals surface area contributed by atoms with E-state index in [0.29, 0.717) is 24.2 Å². The largest absolute Gasteiger partial charge is 0.370 e. The van der Waals surface area contributed by atoms with Gasteiger partial charge in [-0.05, 0) is 54.3 Å². The molecule has 41 heavy (non-hydrogen) atoms. The van der Waals surface area contributed by atoms with Crippen molar-refractivity contribution in [2.75, 3.05) is 31.5 Å². The number of nitrogens with one attached hydrogen (secondary N) is 2. The predicted octanol–water partition coefficient (Wildman–Crippen LogP) is 6.21. The lowest BCUT2D eigenvalue weighted by Gasteiger charge is -2.19. The van der Waals surface area contributed by atoms with Crippen LogP contribution in [0.3, 0.4) is 0 Å². The number of hydrogen-bond acceptors (Lipinski definition) is 6. The van der Waals surface area contributed by atoms with Gasteiger partial charge < -0.3 is 10.2 Å². The number of rotatable bonds is 7. The van der Waals surface area contributed by atoms with Crippen molar-refractivity contribution in [3.8, 4) is 11.1 Å². The molecule has 2 aliphatic rings. The van der Waals surface area contributed by atoms with E-state index >= 15 is 0 Å². The van der Waals surface area contributed by atoms with Gasteiger partial charge >= 0.3 is 0 Å². The fourth-order valence-electron chi connectivity index (χ4n) is 5.28. The molecule has 6 rings (SSSR count). The molecule has 0 atom stereocenters. The Kier molecular flexibility index (Phi) is 8.39. The van der Waals surface area contributed by atoms with Crippen molar-refractivity contribution in [2.45, 2.75) is 45.6 Å². The smallest absolute Gasteiger partial charge is 0.276 e. The normalized spacial score (nSPS) is 16.4. The van der Waals surface area contributed by atoms with Gasteiger partial charge in [-0.3, -0.25) is 24.8 Å². The summed E-state index contributed by atoms with van der Waals surface area (Å²) in [6, 6.07) is 11.3. The molecule has 0 unspecified atom stereocenters. The first-order valence-corrected chi connectivity index (χ1v) is 14.1. The third-order valence-electron chi connectivity index (χ3n) is 7.37. The molecule has 0 bridgehead atoms. The molecule has 1 amide bonds. The number of alkyl halides is 2. The second-order valence-electron chi connectivity index (χ2n) is 10.3. The Labute approximate surface area is 238 Å². The number of carbonyl (C=O) groups excluding carboxylic acids is 1. The van der Waals surface area contributed by atoms with E-state index in [0.717, 1.165) is 59.5 Å². The van der Waals surface area contributed by atoms with Gasteiger partial charge in [-0.2, -0.15) is 5.10 Å². The minimum atomic E-state index is -2.63. The molecule has 5 heterocycles. The van der Waals surface area contributed by atoms with Crippen LogP contribution in [0.1, 0.15) is 54.9 Å². The van der Waals surface area contributed by atoms with Crippen molar-refractivity contribution < 1.29 is 13.6 Å². The van der Waals surface area contributed by atoms with Crippen LogP contribution in [-0.2, 0) is 6.54 Å². The quantitative estimate of drug-likeness (QED) is 0.280. The van der Waals surface area contributed by atoms with E-state index in [2.05, 4.69) is 37.0 Å². The van der Waals surface area contributed by atoms with Crippen molar-refractivity contribution in [1.29, 1.82) is 0 Å². The molecule has 8 nitrogen and oxygen atoms in total. The standard InChI is InChI=1S/C29H29F2N7O.C2H6/c1-19(38-9-2-3-10-38)25-7-5-23(16-33-25)34-28(39)27-24-13-21(4-6-26(24)35-36-27)22-12-20(14-32-15-22)17-37-11-8-29(30,31)18-37;1-2/h4-7,12-16H,1-3,8-11,17-18H2,(H,34,39)(H,35,36);1-2H3. The van der Waals surface area contributed by atoms with Crippen molar-refractivity contribution in [3.05, 3.63) is 78.5 Å². The first-order valence-electron chi connectivity index (χ1n) is 14.1. The Morgan fingerprint density at radius 3 is 2.56 bits per heavy atom. The zero-order valence-corrected chi connectivity index (χ0v) is 23.5. The Morgan fingerprint density at radius 1 is 1.05 bits per heavy atom. The molecule has 4 aromatic rings. The molecule has 0 saturated carbocycles. The SMILES string of the molecule is C=C(c1ccc(NC(=O)c2n[nH]c3ccc(-c4cncc(CN5CCC(F)(F)C5)c4)cc23)cn1)N1CCCC1.CC. The number of pyridine rings is 2. The summed E-state index contributed by atoms with van der Waals surface area (Å²) in [5, 5.41) is 10.7. The van der Waals surface area contributed by atoms with Crippen LogP contribution in [0.15, 0.2) is 61.6 Å². The van der Waals surface area contributed by atoms with Crippen LogP contribution in [0.4, 0.5) is 14.5 Å². The lowest BCUT2D eigenvalue weighted by Crippen LogP contribution is -2.24. The van der Waals surface area contributed by atoms with Crippen LogP contribution in [-0.4, -0.2) is 68.0 Å². The molecule has 2 N–H and O–H groups in total. The first kappa shape index (κ1) is 28.4. The van der Waals surface area contributed by atoms with Crippen LogP contribution >= 0.6 is 0 Å². The average Bonchev–Trinajstić information content (AvgIpc) is 3.74. The fourth-order valence-corrected chi connectivity index (χ4v) is 5.28. The van der Waals surface area contributed by atoms with Gasteiger partial charge in [-0.1, -0.05) is 26.5 Å². The summed E-state index contributed by atoms with van der Waals surface area (Å²) >= 11 is 0. The van der Waals surface area contributed by atoms with Crippen LogP contribution in [0.5, 0.6) is 0 Å². The second kappa shape index (κ2) is 12.1. The molecular formula is C31H35F2N7O. The Hall–Kier alpha value is -4.18. The van der Waals surface area contributed by atoms with Crippen LogP contribution < -0.4 is 5.32 Å². The van der Waals surface area contributed by atoms with Crippen molar-refractivity contribution in [3.63, 3.8) is 0 Å². The topological polar surface area (TPSA) is 90.0 Å². The number of aromatic amines is 1. The Bertz CT molecular complexity index is 1530. The summed E-state index contributed by atoms with van der Waals surface area (Å²) in [6.45, 7) is 10.7. The van der Waals surface area contributed by atoms with E-state index < -0.39 is 5.92 Å². The number of nitrogens with zero attached hydrogens (tertiary/aromatic N) is 5. The highest BCUT2D eigenvalue weighted by Crippen LogP contribution is 2.30. The number of aromatic nitrogens is 4. The number of halogens is 2. The maximum absolute atomic E-state index is 13.6. The van der Waals surface area contributed by atoms with Gasteiger partial charge in [0.15, 0.2) is 5.69 Å². The number of anilines is 1. The van der Waals surface area contributed by atoms with Crippen LogP contribution in [0.25, 0.3) is 27.7 Å². The summed E-state index contributed by atoms with van der Waals surface area (Å²) in [5.74, 6) is -2.98. The monoisotopic (exact) mass is 559 g/mol. The highest BCUT2D eigenvalue weighted by molar-refractivity contribution is 6.11. The third kappa shape index (κ3) is 6.43. The van der Waals surface area contributed by atoms with Gasteiger partial charge in [0.25, 0.3) is 11.8 Å². The Balaban J connectivity index is 0.00000165. The fraction of sp³-hybridized carbons (Fsp3) is 0.355. The van der Waals surface area contributed by atoms with Gasteiger partial charge in [0.05, 0.1) is 35.3 Å². The number of hydrogen-bond donors (Lipinski definition) is 2. The Morgan fingerprint density at radius 2 is 1.85 bits per heavy atom. The van der Waals surface area contributed by atoms with E-state index in [1.807, 2.05) is 50.2 Å². The molecule has 0 radical (unpaired) electrons. The van der Waals surface area contributed by atoms with E-state index in [4.69, 9.17) is 0 Å². The summed E-state index contributed by atoms with van der Waals surface area (Å²) < 4.78 is 27.2. The van der Waals surface area contributed by atoms with Crippen LogP contribution in [0.2, 0.25) is 0 Å². The van der Waals surface area contributed by atoms with Crippen LogP contribution in [0, 0.1) is 0 Å². The second-order valence-corrected chi connectivity index (χ2v) is 10.3. The molecule has 2 saturated heterocycles. The summed E-state index contributed by atoms with van der Waals surface area (Å²) in [5.41, 5.74) is 5.79. The van der Waals surface area contributed by atoms with E-state index in [1.165, 1.54) is 0 Å². The maximum atomic E-state index is 13.6. The van der Waals surface area contributed by atoms with E-state index in [-0.39, 0.29) is 24.6 Å². The maximum Gasteiger partial charge on any atom is 0.276 e. The molecule has 2 aliphatic heterocycles. The minimum Gasteiger partial charge on any atom is -0.370 e. The summed E-state index contributed by atoms with van der Waals surface area (Å²) in [4.78, 5) is 25.9. The average molecular weight is 560 g/mol. The van der Waals surface area contributed by atoms with Gasteiger partial charge in [0.2, 0.25) is 0 Å². The minimum absolute atomic E-state index is 0.115. The molecular weight excluding hydrogens is 524 g/mol. The lowest BCUT2D eigenvalue weighted by molar-refractivity contribution is 0.0115. The van der Waals surface area contributed by atoms with Crippen molar-refractivity contribution in [2.24, 2.45) is 0 Å². The summed E-state index contributed by atoms with van der Waals surface area (Å²) in [6.07, 6.45) is 7.27. The molecule has 0 aliphatic carbocycles. The van der Waals surface area contributed by atoms with E-state index in [1.54, 1.807) is 23.5 Å². The molecule has 0 spiro atoms. The van der Waals surface area contributed by atoms with Gasteiger partial charge in [0.1, 0.15) is 0 Å². The van der Waals surface area contributed by atoms with E-state index in [9.17, 15) is 13.6 Å². The predicted molar refractivity (Wildman–Crippen MR) is 158 cm³/mol. The zero-order chi connectivity index (χ0) is 29.0. The highest BCUT2D eigenvalue weighted by atomic mass is 19.3. The zero-order valence-electron chi connectivity index (χ0n) is 23.5. The van der Waals surface area contributed by atoms with Crippen molar-refractivity contribution in [1.82, 2.24) is 30.0 Å². The number of likely N-dealkylation sites (tertiary alicyclic amines) is 2. The molecule has 2 fully saturated rings. The van der Waals surface area contributed by atoms with Gasteiger partial charge in [-0.15, -0.1) is 0 Å². The number of H-pyrrole nitrogens is 1. The number of benzene rings is 1. The number of fused-ring (bicyclic) bond motifs is 1. The van der Waals surface area contributed by atoms with Crippen molar-refractivity contribution >= 4 is 28.2 Å². The number of amides is 1. The molecule has 10 heteroatoms. The lowest BCUT2D eigenvalue weighted by atomic mass is 10.0. The molecule has 3 aromatic heterocycles. The molecule has 214 valence electrons.